The van der Waals surface area contributed by atoms with Gasteiger partial charge >= 0.3 is 24.2 Å². The van der Waals surface area contributed by atoms with Crippen molar-refractivity contribution in [1.82, 2.24) is 15.5 Å². The summed E-state index contributed by atoms with van der Waals surface area (Å²) in [7, 11) is 0. The summed E-state index contributed by atoms with van der Waals surface area (Å²) in [5, 5.41) is 14.7. The highest BCUT2D eigenvalue weighted by Gasteiger charge is 2.41. The van der Waals surface area contributed by atoms with E-state index in [9.17, 15) is 35.9 Å². The number of aromatic amines is 1. The van der Waals surface area contributed by atoms with E-state index in [1.165, 1.54) is 5.32 Å². The molecule has 0 spiro atoms. The Morgan fingerprint density at radius 3 is 2.32 bits per heavy atom. The summed E-state index contributed by atoms with van der Waals surface area (Å²) in [4.78, 5) is 21.4. The maximum absolute atomic E-state index is 12.5. The van der Waals surface area contributed by atoms with Crippen molar-refractivity contribution in [3.05, 3.63) is 17.5 Å². The molecule has 22 heavy (non-hydrogen) atoms. The average Bonchev–Trinajstić information content (AvgIpc) is 2.80. The SMILES string of the molecule is O=C(O)[C@@H](CCc1cn[nH]c1C(F)(F)F)NC(=O)C(F)(F)F. The second kappa shape index (κ2) is 6.23. The molecule has 0 aromatic carbocycles. The number of halogens is 6. The van der Waals surface area contributed by atoms with Gasteiger partial charge in [-0.15, -0.1) is 0 Å². The van der Waals surface area contributed by atoms with Gasteiger partial charge in [0.2, 0.25) is 0 Å². The molecule has 12 heteroatoms. The number of aromatic nitrogens is 2. The molecular formula is C10H9F6N3O3. The molecule has 1 aromatic rings. The highest BCUT2D eigenvalue weighted by atomic mass is 19.4. The number of carboxylic acid groups (broad SMARTS) is 1. The zero-order valence-corrected chi connectivity index (χ0v) is 10.5. The summed E-state index contributed by atoms with van der Waals surface area (Å²) >= 11 is 0. The molecule has 3 N–H and O–H groups in total. The Balaban J connectivity index is 2.77. The van der Waals surface area contributed by atoms with Gasteiger partial charge in [-0.1, -0.05) is 0 Å². The average molecular weight is 333 g/mol. The van der Waals surface area contributed by atoms with Gasteiger partial charge in [0.15, 0.2) is 0 Å². The number of alkyl halides is 6. The number of carbonyl (C=O) groups is 2. The van der Waals surface area contributed by atoms with Crippen LogP contribution in [0.4, 0.5) is 26.3 Å². The van der Waals surface area contributed by atoms with Crippen molar-refractivity contribution >= 4 is 11.9 Å². The van der Waals surface area contributed by atoms with Crippen molar-refractivity contribution < 1.29 is 41.0 Å². The highest BCUT2D eigenvalue weighted by Crippen LogP contribution is 2.30. The van der Waals surface area contributed by atoms with Gasteiger partial charge in [0, 0.05) is 5.56 Å². The van der Waals surface area contributed by atoms with Crippen LogP contribution < -0.4 is 5.32 Å². The van der Waals surface area contributed by atoms with Crippen LogP contribution in [0, 0.1) is 0 Å². The van der Waals surface area contributed by atoms with Crippen molar-refractivity contribution in [3.63, 3.8) is 0 Å². The van der Waals surface area contributed by atoms with Gasteiger partial charge in [0.05, 0.1) is 6.20 Å². The van der Waals surface area contributed by atoms with Crippen molar-refractivity contribution in [2.75, 3.05) is 0 Å². The topological polar surface area (TPSA) is 95.1 Å². The van der Waals surface area contributed by atoms with Crippen LogP contribution in [0.25, 0.3) is 0 Å². The van der Waals surface area contributed by atoms with Crippen LogP contribution in [-0.4, -0.2) is 39.4 Å². The lowest BCUT2D eigenvalue weighted by atomic mass is 10.1. The maximum Gasteiger partial charge on any atom is 0.471 e. The number of H-pyrrole nitrogens is 1. The molecule has 124 valence electrons. The molecule has 1 atom stereocenters. The molecule has 1 amide bonds. The molecule has 0 aliphatic carbocycles. The third-order valence-electron chi connectivity index (χ3n) is 2.56. The van der Waals surface area contributed by atoms with Crippen molar-refractivity contribution in [2.45, 2.75) is 31.2 Å². The maximum atomic E-state index is 12.5. The number of hydrogen-bond acceptors (Lipinski definition) is 3. The first-order chi connectivity index (χ1) is 9.93. The Hall–Kier alpha value is -2.27. The fraction of sp³-hybridized carbons (Fsp3) is 0.500. The monoisotopic (exact) mass is 333 g/mol. The molecule has 0 aliphatic heterocycles. The van der Waals surface area contributed by atoms with Crippen LogP contribution in [0.5, 0.6) is 0 Å². The predicted molar refractivity (Wildman–Crippen MR) is 57.5 cm³/mol. The minimum absolute atomic E-state index is 0.417. The second-order valence-corrected chi connectivity index (χ2v) is 4.17. The van der Waals surface area contributed by atoms with E-state index in [1.54, 1.807) is 5.10 Å². The minimum atomic E-state index is -5.29. The fourth-order valence-corrected chi connectivity index (χ4v) is 1.54. The number of amides is 1. The number of aryl methyl sites for hydroxylation is 1. The van der Waals surface area contributed by atoms with Gasteiger partial charge in [-0.25, -0.2) is 4.79 Å². The molecule has 0 radical (unpaired) electrons. The Kier molecular flexibility index (Phi) is 5.04. The van der Waals surface area contributed by atoms with E-state index < -0.39 is 54.4 Å². The molecule has 1 rings (SSSR count). The van der Waals surface area contributed by atoms with Crippen molar-refractivity contribution in [2.24, 2.45) is 0 Å². The van der Waals surface area contributed by atoms with Gasteiger partial charge in [-0.05, 0) is 12.8 Å². The largest absolute Gasteiger partial charge is 0.480 e. The Bertz CT molecular complexity index is 551. The van der Waals surface area contributed by atoms with E-state index in [1.807, 2.05) is 0 Å². The summed E-state index contributed by atoms with van der Waals surface area (Å²) in [6, 6.07) is -1.98. The van der Waals surface area contributed by atoms with Crippen LogP contribution in [0.1, 0.15) is 17.7 Å². The van der Waals surface area contributed by atoms with Crippen LogP contribution in [-0.2, 0) is 22.2 Å². The Morgan fingerprint density at radius 1 is 1.27 bits per heavy atom. The van der Waals surface area contributed by atoms with E-state index in [2.05, 4.69) is 5.10 Å². The highest BCUT2D eigenvalue weighted by molar-refractivity contribution is 5.86. The van der Waals surface area contributed by atoms with Crippen LogP contribution >= 0.6 is 0 Å². The summed E-state index contributed by atoms with van der Waals surface area (Å²) in [5.41, 5.74) is -1.64. The number of aliphatic carboxylic acids is 1. The molecule has 6 nitrogen and oxygen atoms in total. The number of carbonyl (C=O) groups excluding carboxylic acids is 1. The molecule has 0 fully saturated rings. The van der Waals surface area contributed by atoms with Crippen molar-refractivity contribution in [3.8, 4) is 0 Å². The van der Waals surface area contributed by atoms with E-state index >= 15 is 0 Å². The number of carboxylic acids is 1. The van der Waals surface area contributed by atoms with Gasteiger partial charge < -0.3 is 10.4 Å². The molecule has 0 saturated heterocycles. The van der Waals surface area contributed by atoms with Gasteiger partial charge in [-0.3, -0.25) is 9.89 Å². The number of hydrogen-bond donors (Lipinski definition) is 3. The number of nitrogens with zero attached hydrogens (tertiary/aromatic N) is 1. The molecule has 0 saturated carbocycles. The lowest BCUT2D eigenvalue weighted by molar-refractivity contribution is -0.175. The van der Waals surface area contributed by atoms with Crippen LogP contribution in [0.3, 0.4) is 0 Å². The summed E-state index contributed by atoms with van der Waals surface area (Å²) in [6.45, 7) is 0. The van der Waals surface area contributed by atoms with E-state index in [-0.39, 0.29) is 0 Å². The molecular weight excluding hydrogens is 324 g/mol. The first-order valence-corrected chi connectivity index (χ1v) is 5.63. The lowest BCUT2D eigenvalue weighted by Crippen LogP contribution is -2.47. The fourth-order valence-electron chi connectivity index (χ4n) is 1.54. The first-order valence-electron chi connectivity index (χ1n) is 5.63. The zero-order chi connectivity index (χ0) is 17.1. The van der Waals surface area contributed by atoms with Crippen LogP contribution in [0.2, 0.25) is 0 Å². The third kappa shape index (κ3) is 4.63. The van der Waals surface area contributed by atoms with Gasteiger partial charge in [0.1, 0.15) is 11.7 Å². The molecule has 0 unspecified atom stereocenters. The molecule has 1 heterocycles. The third-order valence-corrected chi connectivity index (χ3v) is 2.56. The number of rotatable bonds is 5. The molecule has 1 aromatic heterocycles. The van der Waals surface area contributed by atoms with E-state index in [4.69, 9.17) is 5.11 Å². The zero-order valence-electron chi connectivity index (χ0n) is 10.5. The lowest BCUT2D eigenvalue weighted by Gasteiger charge is -2.15. The molecule has 0 aliphatic rings. The predicted octanol–water partition coefficient (Wildman–Crippen LogP) is 1.49. The summed E-state index contributed by atoms with van der Waals surface area (Å²) in [6.07, 6.45) is -10.5. The van der Waals surface area contributed by atoms with E-state index in [0.29, 0.717) is 0 Å². The molecule has 0 bridgehead atoms. The summed E-state index contributed by atoms with van der Waals surface area (Å²) < 4.78 is 73.7. The standard InChI is InChI=1S/C10H9F6N3O3/c11-9(12,13)6-4(3-17-19-6)1-2-5(7(20)21)18-8(22)10(14,15)16/h3,5H,1-2H2,(H,17,19)(H,18,22)(H,20,21)/t5-/m1/s1. The Labute approximate surface area is 118 Å². The normalized spacial score (nSPS) is 13.7. The van der Waals surface area contributed by atoms with Crippen molar-refractivity contribution in [1.29, 1.82) is 0 Å². The van der Waals surface area contributed by atoms with Gasteiger partial charge in [0.25, 0.3) is 0 Å². The summed E-state index contributed by atoms with van der Waals surface area (Å²) in [5.74, 6) is -4.28. The van der Waals surface area contributed by atoms with Crippen LogP contribution in [0.15, 0.2) is 6.20 Å². The second-order valence-electron chi connectivity index (χ2n) is 4.17. The first kappa shape index (κ1) is 17.8. The smallest absolute Gasteiger partial charge is 0.471 e. The van der Waals surface area contributed by atoms with Gasteiger partial charge in [-0.2, -0.15) is 31.4 Å². The minimum Gasteiger partial charge on any atom is -0.480 e. The Morgan fingerprint density at radius 2 is 1.86 bits per heavy atom. The van der Waals surface area contributed by atoms with E-state index in [0.717, 1.165) is 6.20 Å². The quantitative estimate of drug-likeness (QED) is 0.712. The number of nitrogens with one attached hydrogen (secondary N) is 2.